The second-order valence-electron chi connectivity index (χ2n) is 19.1. The van der Waals surface area contributed by atoms with Crippen LogP contribution in [0.4, 0.5) is 0 Å². The first-order valence-electron chi connectivity index (χ1n) is 27.3. The van der Waals surface area contributed by atoms with Crippen LogP contribution in [0.15, 0.2) is 66.2 Å². The summed E-state index contributed by atoms with van der Waals surface area (Å²) in [4.78, 5) is 30.6. The van der Waals surface area contributed by atoms with Crippen LogP contribution in [0.25, 0.3) is 11.3 Å². The number of carbonyl (C=O) groups is 2. The fourth-order valence-corrected chi connectivity index (χ4v) is 9.38. The minimum Gasteiger partial charge on any atom is -0.494 e. The van der Waals surface area contributed by atoms with Gasteiger partial charge in [-0.25, -0.2) is 4.99 Å². The minimum absolute atomic E-state index is 0.0494. The van der Waals surface area contributed by atoms with Crippen molar-refractivity contribution in [2.24, 2.45) is 4.99 Å². The lowest BCUT2D eigenvalue weighted by atomic mass is 10.00. The summed E-state index contributed by atoms with van der Waals surface area (Å²) in [7, 11) is 0. The summed E-state index contributed by atoms with van der Waals surface area (Å²) in [6.45, 7) is 9.58. The molecule has 4 rings (SSSR count). The van der Waals surface area contributed by atoms with Crippen molar-refractivity contribution in [3.8, 4) is 28.6 Å². The Labute approximate surface area is 406 Å². The van der Waals surface area contributed by atoms with E-state index in [9.17, 15) is 14.7 Å². The predicted octanol–water partition coefficient (Wildman–Crippen LogP) is 17.2. The largest absolute Gasteiger partial charge is 0.494 e. The molecule has 67 heavy (non-hydrogen) atoms. The highest BCUT2D eigenvalue weighted by Crippen LogP contribution is 2.41. The number of hydrogen-bond acceptors (Lipinski definition) is 6. The first-order valence-corrected chi connectivity index (χ1v) is 27.3. The van der Waals surface area contributed by atoms with Crippen LogP contribution in [-0.2, 0) is 16.1 Å². The van der Waals surface area contributed by atoms with E-state index in [1.165, 1.54) is 180 Å². The third-order valence-corrected chi connectivity index (χ3v) is 13.4. The third-order valence-electron chi connectivity index (χ3n) is 13.4. The highest BCUT2D eigenvalue weighted by molar-refractivity contribution is 6.30. The molecule has 0 bridgehead atoms. The summed E-state index contributed by atoms with van der Waals surface area (Å²) in [5.41, 5.74) is 3.08. The van der Waals surface area contributed by atoms with Gasteiger partial charge >= 0.3 is 5.97 Å². The SMILES string of the molecule is C=CCn1c(O)c2c(c1-c1ccc(OC(=O)CCCCCCCCCCCCCCCCCC)cc1)C(=O)N=C2c1ccc(OCOCCCCCCCCCCCCCCCCCC)cc1. The van der Waals surface area contributed by atoms with Gasteiger partial charge in [0.05, 0.1) is 29.1 Å². The summed E-state index contributed by atoms with van der Waals surface area (Å²) >= 11 is 0. The van der Waals surface area contributed by atoms with Gasteiger partial charge in [-0.3, -0.25) is 9.59 Å². The number of benzene rings is 2. The Morgan fingerprint density at radius 2 is 0.985 bits per heavy atom. The van der Waals surface area contributed by atoms with Crippen LogP contribution in [0.1, 0.15) is 247 Å². The molecule has 2 aromatic carbocycles. The molecule has 0 aliphatic carbocycles. The Morgan fingerprint density at radius 3 is 1.45 bits per heavy atom. The number of nitrogens with zero attached hydrogens (tertiary/aromatic N) is 2. The molecule has 3 aromatic rings. The van der Waals surface area contributed by atoms with E-state index in [1.54, 1.807) is 22.8 Å². The zero-order chi connectivity index (χ0) is 47.6. The number of esters is 1. The van der Waals surface area contributed by atoms with Crippen molar-refractivity contribution in [3.63, 3.8) is 0 Å². The Balaban J connectivity index is 1.11. The Kier molecular flexibility index (Phi) is 29.0. The van der Waals surface area contributed by atoms with Crippen molar-refractivity contribution in [3.05, 3.63) is 77.9 Å². The van der Waals surface area contributed by atoms with Crippen LogP contribution in [0.2, 0.25) is 0 Å². The number of unbranched alkanes of at least 4 members (excludes halogenated alkanes) is 30. The van der Waals surface area contributed by atoms with Crippen LogP contribution in [-0.4, -0.2) is 40.7 Å². The molecule has 0 unspecified atom stereocenters. The maximum absolute atomic E-state index is 13.5. The number of fused-ring (bicyclic) bond motifs is 1. The van der Waals surface area contributed by atoms with E-state index in [0.29, 0.717) is 58.2 Å². The van der Waals surface area contributed by atoms with Crippen LogP contribution < -0.4 is 9.47 Å². The van der Waals surface area contributed by atoms with Crippen molar-refractivity contribution in [2.45, 2.75) is 232 Å². The van der Waals surface area contributed by atoms with Gasteiger partial charge in [-0.05, 0) is 66.9 Å². The number of allylic oxidation sites excluding steroid dienone is 1. The minimum atomic E-state index is -0.421. The van der Waals surface area contributed by atoms with Crippen molar-refractivity contribution in [2.75, 3.05) is 13.4 Å². The fourth-order valence-electron chi connectivity index (χ4n) is 9.38. The number of aliphatic imine (C=N–C) groups is 1. The number of aromatic hydroxyl groups is 1. The number of ether oxygens (including phenoxy) is 3. The summed E-state index contributed by atoms with van der Waals surface area (Å²) in [5, 5.41) is 11.5. The first-order chi connectivity index (χ1) is 33.0. The van der Waals surface area contributed by atoms with Gasteiger partial charge < -0.3 is 23.9 Å². The van der Waals surface area contributed by atoms with Crippen molar-refractivity contribution in [1.29, 1.82) is 0 Å². The molecule has 1 aliphatic heterocycles. The normalized spacial score (nSPS) is 12.1. The van der Waals surface area contributed by atoms with E-state index >= 15 is 0 Å². The van der Waals surface area contributed by atoms with Gasteiger partial charge in [0.15, 0.2) is 6.79 Å². The van der Waals surface area contributed by atoms with Crippen molar-refractivity contribution >= 4 is 17.6 Å². The van der Waals surface area contributed by atoms with E-state index in [2.05, 4.69) is 25.4 Å². The summed E-state index contributed by atoms with van der Waals surface area (Å²) in [5.74, 6) is 0.390. The maximum atomic E-state index is 13.5. The molecular weight excluding hydrogens is 833 g/mol. The van der Waals surface area contributed by atoms with Crippen LogP contribution in [0.5, 0.6) is 17.4 Å². The quantitative estimate of drug-likeness (QED) is 0.0200. The van der Waals surface area contributed by atoms with Crippen LogP contribution in [0.3, 0.4) is 0 Å². The third kappa shape index (κ3) is 21.3. The smallest absolute Gasteiger partial charge is 0.311 e. The zero-order valence-corrected chi connectivity index (χ0v) is 42.2. The van der Waals surface area contributed by atoms with E-state index < -0.39 is 5.91 Å². The predicted molar refractivity (Wildman–Crippen MR) is 279 cm³/mol. The molecule has 0 radical (unpaired) electrons. The Hall–Kier alpha value is -4.17. The standard InChI is InChI=1S/C59H90N2O6/c1-4-7-9-11-13-15-17-19-21-23-25-27-29-31-33-35-37-53(62)67-52-44-40-50(41-45-52)57-55-54(59(64)61(57)46-6-3)56(60-58(55)63)49-38-42-51(43-39-49)66-48-65-47-36-34-32-30-28-26-24-22-20-18-16-14-12-10-8-5-2/h6,38-45,64H,3-5,7-37,46-48H2,1-2H3. The number of hydrogen-bond donors (Lipinski definition) is 1. The number of rotatable bonds is 42. The van der Waals surface area contributed by atoms with Gasteiger partial charge in [0.1, 0.15) is 11.5 Å². The molecule has 0 atom stereocenters. The lowest BCUT2D eigenvalue weighted by Gasteiger charge is -2.11. The van der Waals surface area contributed by atoms with Gasteiger partial charge in [0.25, 0.3) is 5.91 Å². The van der Waals surface area contributed by atoms with Gasteiger partial charge in [0.2, 0.25) is 5.88 Å². The lowest BCUT2D eigenvalue weighted by Crippen LogP contribution is -2.07. The second kappa shape index (κ2) is 35.0. The molecule has 0 spiro atoms. The molecule has 0 saturated carbocycles. The van der Waals surface area contributed by atoms with E-state index in [4.69, 9.17) is 14.2 Å². The van der Waals surface area contributed by atoms with E-state index in [0.717, 1.165) is 25.7 Å². The molecule has 2 heterocycles. The molecule has 1 aromatic heterocycles. The van der Waals surface area contributed by atoms with Gasteiger partial charge in [-0.15, -0.1) is 6.58 Å². The molecular formula is C59H90N2O6. The molecule has 1 aliphatic rings. The topological polar surface area (TPSA) is 99.4 Å². The van der Waals surface area contributed by atoms with Crippen LogP contribution >= 0.6 is 0 Å². The molecule has 0 saturated heterocycles. The van der Waals surface area contributed by atoms with Crippen LogP contribution in [0, 0.1) is 0 Å². The van der Waals surface area contributed by atoms with Crippen molar-refractivity contribution in [1.82, 2.24) is 4.57 Å². The van der Waals surface area contributed by atoms with Gasteiger partial charge in [-0.2, -0.15) is 0 Å². The number of carbonyl (C=O) groups excluding carboxylic acids is 2. The van der Waals surface area contributed by atoms with Gasteiger partial charge in [0, 0.05) is 18.5 Å². The average Bonchev–Trinajstić information content (AvgIpc) is 3.83. The summed E-state index contributed by atoms with van der Waals surface area (Å²) < 4.78 is 19.0. The molecule has 372 valence electrons. The molecule has 8 heteroatoms. The lowest BCUT2D eigenvalue weighted by molar-refractivity contribution is -0.134. The molecule has 1 N–H and O–H groups in total. The maximum Gasteiger partial charge on any atom is 0.311 e. The molecule has 0 fully saturated rings. The monoisotopic (exact) mass is 923 g/mol. The van der Waals surface area contributed by atoms with E-state index in [1.807, 2.05) is 36.4 Å². The Morgan fingerprint density at radius 1 is 0.567 bits per heavy atom. The highest BCUT2D eigenvalue weighted by atomic mass is 16.7. The summed E-state index contributed by atoms with van der Waals surface area (Å²) in [6.07, 6.45) is 44.2. The number of amides is 1. The zero-order valence-electron chi connectivity index (χ0n) is 42.2. The molecule has 1 amide bonds. The van der Waals surface area contributed by atoms with E-state index in [-0.39, 0.29) is 25.2 Å². The summed E-state index contributed by atoms with van der Waals surface area (Å²) in [6, 6.07) is 14.5. The van der Waals surface area contributed by atoms with Gasteiger partial charge in [-0.1, -0.05) is 213 Å². The number of aromatic nitrogens is 1. The fraction of sp³-hybridized carbons (Fsp3) is 0.644. The Bertz CT molecular complexity index is 1830. The second-order valence-corrected chi connectivity index (χ2v) is 19.1. The average molecular weight is 923 g/mol. The van der Waals surface area contributed by atoms with Crippen molar-refractivity contribution < 1.29 is 28.9 Å². The highest BCUT2D eigenvalue weighted by Gasteiger charge is 2.36. The molecule has 8 nitrogen and oxygen atoms in total. The first kappa shape index (κ1) is 55.4.